The second-order valence-corrected chi connectivity index (χ2v) is 7.05. The molecule has 0 aliphatic carbocycles. The van der Waals surface area contributed by atoms with Gasteiger partial charge in [-0.15, -0.1) is 0 Å². The number of carbonyl (C=O) groups is 1. The van der Waals surface area contributed by atoms with Gasteiger partial charge in [-0.3, -0.25) is 9.69 Å². The van der Waals surface area contributed by atoms with Crippen LogP contribution in [-0.4, -0.2) is 67.1 Å². The quantitative estimate of drug-likeness (QED) is 0.623. The van der Waals surface area contributed by atoms with Crippen molar-refractivity contribution in [1.82, 2.24) is 10.2 Å². The van der Waals surface area contributed by atoms with Gasteiger partial charge in [-0.1, -0.05) is 0 Å². The van der Waals surface area contributed by atoms with Crippen molar-refractivity contribution in [2.75, 3.05) is 24.6 Å². The molecule has 2 fully saturated rings. The number of likely N-dealkylation sites (tertiary alicyclic amines) is 1. The maximum absolute atomic E-state index is 11.4. The van der Waals surface area contributed by atoms with Gasteiger partial charge in [-0.05, 0) is 6.42 Å². The number of hydrogen-bond donors (Lipinski definition) is 2. The van der Waals surface area contributed by atoms with Gasteiger partial charge in [0.05, 0.1) is 23.7 Å². The summed E-state index contributed by atoms with van der Waals surface area (Å²) in [6.45, 7) is 2.82. The highest BCUT2D eigenvalue weighted by Crippen LogP contribution is 2.22. The van der Waals surface area contributed by atoms with E-state index < -0.39 is 15.9 Å². The van der Waals surface area contributed by atoms with Crippen LogP contribution in [-0.2, 0) is 14.6 Å². The van der Waals surface area contributed by atoms with Crippen molar-refractivity contribution in [2.24, 2.45) is 0 Å². The molecule has 2 aliphatic rings. The van der Waals surface area contributed by atoms with Crippen LogP contribution in [0.1, 0.15) is 13.3 Å². The van der Waals surface area contributed by atoms with Gasteiger partial charge in [0.25, 0.3) is 0 Å². The topological polar surface area (TPSA) is 86.7 Å². The highest BCUT2D eigenvalue weighted by atomic mass is 32.2. The van der Waals surface area contributed by atoms with Crippen LogP contribution in [0.2, 0.25) is 0 Å². The first kappa shape index (κ1) is 12.8. The Morgan fingerprint density at radius 3 is 2.65 bits per heavy atom. The average Bonchev–Trinajstić information content (AvgIpc) is 2.69. The lowest BCUT2D eigenvalue weighted by Crippen LogP contribution is -2.44. The molecule has 2 aliphatic heterocycles. The number of nitrogens with one attached hydrogen (secondary N) is 1. The zero-order valence-corrected chi connectivity index (χ0v) is 10.6. The minimum Gasteiger partial charge on any atom is -0.390 e. The zero-order chi connectivity index (χ0) is 12.6. The number of rotatable bonds is 2. The number of aliphatic hydroxyl groups excluding tert-OH is 1. The zero-order valence-electron chi connectivity index (χ0n) is 9.80. The first-order valence-corrected chi connectivity index (χ1v) is 7.59. The van der Waals surface area contributed by atoms with Crippen LogP contribution in [0.4, 0.5) is 0 Å². The number of aliphatic hydroxyl groups is 1. The minimum absolute atomic E-state index is 0.0287. The molecule has 3 atom stereocenters. The Labute approximate surface area is 101 Å². The van der Waals surface area contributed by atoms with Crippen molar-refractivity contribution in [3.63, 3.8) is 0 Å². The Morgan fingerprint density at radius 1 is 1.41 bits per heavy atom. The number of hydrogen-bond acceptors (Lipinski definition) is 5. The molecule has 0 aromatic heterocycles. The molecular weight excluding hydrogens is 244 g/mol. The minimum atomic E-state index is -3.10. The van der Waals surface area contributed by atoms with Crippen LogP contribution in [0, 0.1) is 0 Å². The number of nitrogens with zero attached hydrogens (tertiary/aromatic N) is 1. The van der Waals surface area contributed by atoms with Crippen LogP contribution in [0.15, 0.2) is 0 Å². The summed E-state index contributed by atoms with van der Waals surface area (Å²) in [6, 6.07) is -0.234. The highest BCUT2D eigenvalue weighted by Gasteiger charge is 2.42. The third kappa shape index (κ3) is 2.97. The lowest BCUT2D eigenvalue weighted by molar-refractivity contribution is -0.119. The highest BCUT2D eigenvalue weighted by molar-refractivity contribution is 7.91. The molecule has 17 heavy (non-hydrogen) atoms. The van der Waals surface area contributed by atoms with Crippen LogP contribution in [0.25, 0.3) is 0 Å². The van der Waals surface area contributed by atoms with Crippen molar-refractivity contribution >= 4 is 15.7 Å². The van der Waals surface area contributed by atoms with E-state index in [1.54, 1.807) is 0 Å². The maximum atomic E-state index is 11.4. The van der Waals surface area contributed by atoms with Crippen molar-refractivity contribution < 1.29 is 18.3 Å². The normalized spacial score (nSPS) is 37.2. The lowest BCUT2D eigenvalue weighted by Gasteiger charge is -2.25. The van der Waals surface area contributed by atoms with Gasteiger partial charge < -0.3 is 10.4 Å². The molecule has 6 nitrogen and oxygen atoms in total. The third-order valence-corrected chi connectivity index (χ3v) is 5.09. The molecule has 0 bridgehead atoms. The summed E-state index contributed by atoms with van der Waals surface area (Å²) in [5.74, 6) is -0.184. The summed E-state index contributed by atoms with van der Waals surface area (Å²) in [5, 5.41) is 12.6. The molecule has 3 unspecified atom stereocenters. The predicted octanol–water partition coefficient (Wildman–Crippen LogP) is -1.65. The standard InChI is InChI=1S/C10H18N2O4S/c1-7(13)11-8-2-3-12(4-8)9-5-17(15,16)6-10(9)14/h8-10,14H,2-6H2,1H3,(H,11,13). The Kier molecular flexibility index (Phi) is 3.42. The largest absolute Gasteiger partial charge is 0.390 e. The van der Waals surface area contributed by atoms with Crippen LogP contribution in [0.5, 0.6) is 0 Å². The lowest BCUT2D eigenvalue weighted by atomic mass is 10.2. The van der Waals surface area contributed by atoms with E-state index in [1.807, 2.05) is 4.90 Å². The molecule has 2 heterocycles. The molecule has 0 radical (unpaired) electrons. The van der Waals surface area contributed by atoms with Crippen molar-refractivity contribution in [1.29, 1.82) is 0 Å². The smallest absolute Gasteiger partial charge is 0.217 e. The summed E-state index contributed by atoms with van der Waals surface area (Å²) in [6.07, 6.45) is 0.0131. The van der Waals surface area contributed by atoms with Gasteiger partial charge in [-0.25, -0.2) is 8.42 Å². The van der Waals surface area contributed by atoms with Gasteiger partial charge in [0.15, 0.2) is 9.84 Å². The summed E-state index contributed by atoms with van der Waals surface area (Å²) in [4.78, 5) is 12.9. The van der Waals surface area contributed by atoms with Crippen LogP contribution >= 0.6 is 0 Å². The number of sulfone groups is 1. The second-order valence-electron chi connectivity index (χ2n) is 4.89. The monoisotopic (exact) mass is 262 g/mol. The van der Waals surface area contributed by atoms with Crippen LogP contribution in [0.3, 0.4) is 0 Å². The molecule has 0 spiro atoms. The van der Waals surface area contributed by atoms with Gasteiger partial charge in [0.1, 0.15) is 0 Å². The fourth-order valence-electron chi connectivity index (χ4n) is 2.65. The number of amides is 1. The van der Waals surface area contributed by atoms with E-state index in [1.165, 1.54) is 6.92 Å². The van der Waals surface area contributed by atoms with Crippen LogP contribution < -0.4 is 5.32 Å². The molecule has 1 amide bonds. The summed E-state index contributed by atoms with van der Waals surface area (Å²) >= 11 is 0. The molecule has 0 aromatic carbocycles. The Balaban J connectivity index is 1.95. The van der Waals surface area contributed by atoms with Gasteiger partial charge >= 0.3 is 0 Å². The summed E-state index contributed by atoms with van der Waals surface area (Å²) < 4.78 is 22.8. The molecule has 2 saturated heterocycles. The summed E-state index contributed by atoms with van der Waals surface area (Å²) in [7, 11) is -3.10. The third-order valence-electron chi connectivity index (χ3n) is 3.39. The molecule has 0 saturated carbocycles. The average molecular weight is 262 g/mol. The van der Waals surface area contributed by atoms with E-state index in [0.29, 0.717) is 6.54 Å². The first-order valence-electron chi connectivity index (χ1n) is 5.77. The molecule has 2 N–H and O–H groups in total. The van der Waals surface area contributed by atoms with E-state index in [0.717, 1.165) is 13.0 Å². The van der Waals surface area contributed by atoms with E-state index in [9.17, 15) is 18.3 Å². The van der Waals surface area contributed by atoms with E-state index >= 15 is 0 Å². The van der Waals surface area contributed by atoms with Crippen molar-refractivity contribution in [3.8, 4) is 0 Å². The Bertz CT molecular complexity index is 409. The van der Waals surface area contributed by atoms with Crippen molar-refractivity contribution in [2.45, 2.75) is 31.5 Å². The van der Waals surface area contributed by atoms with Gasteiger partial charge in [-0.2, -0.15) is 0 Å². The predicted molar refractivity (Wildman–Crippen MR) is 62.2 cm³/mol. The second kappa shape index (κ2) is 4.55. The SMILES string of the molecule is CC(=O)NC1CCN(C2CS(=O)(=O)CC2O)C1. The Morgan fingerprint density at radius 2 is 2.12 bits per heavy atom. The van der Waals surface area contributed by atoms with Gasteiger partial charge in [0, 0.05) is 26.1 Å². The molecule has 2 rings (SSSR count). The molecule has 7 heteroatoms. The summed E-state index contributed by atoms with van der Waals surface area (Å²) in [5.41, 5.74) is 0. The first-order chi connectivity index (χ1) is 7.87. The maximum Gasteiger partial charge on any atom is 0.217 e. The molecule has 98 valence electrons. The Hall–Kier alpha value is -0.660. The van der Waals surface area contributed by atoms with Crippen molar-refractivity contribution in [3.05, 3.63) is 0 Å². The van der Waals surface area contributed by atoms with E-state index in [2.05, 4.69) is 5.32 Å². The van der Waals surface area contributed by atoms with E-state index in [4.69, 9.17) is 0 Å². The van der Waals surface area contributed by atoms with Gasteiger partial charge in [0.2, 0.25) is 5.91 Å². The fourth-order valence-corrected chi connectivity index (χ4v) is 4.48. The molecular formula is C10H18N2O4S. The fraction of sp³-hybridized carbons (Fsp3) is 0.900. The molecule has 0 aromatic rings. The number of carbonyl (C=O) groups excluding carboxylic acids is 1. The van der Waals surface area contributed by atoms with E-state index in [-0.39, 0.29) is 29.5 Å².